The first-order chi connectivity index (χ1) is 14.3. The third-order valence-corrected chi connectivity index (χ3v) is 6.31. The number of hydrogen-bond donors (Lipinski definition) is 0. The molecule has 5 rings (SSSR count). The molecule has 0 saturated carbocycles. The van der Waals surface area contributed by atoms with Gasteiger partial charge in [-0.25, -0.2) is 0 Å². The average molecular weight is 386 g/mol. The molecule has 0 saturated heterocycles. The van der Waals surface area contributed by atoms with Crippen molar-refractivity contribution >= 4 is 5.69 Å². The third-order valence-electron chi connectivity index (χ3n) is 6.31. The van der Waals surface area contributed by atoms with Crippen molar-refractivity contribution in [2.75, 3.05) is 11.7 Å². The summed E-state index contributed by atoms with van der Waals surface area (Å²) in [5, 5.41) is 0. The van der Waals surface area contributed by atoms with Gasteiger partial charge in [0.05, 0.1) is 6.04 Å². The van der Waals surface area contributed by atoms with E-state index in [-0.39, 0.29) is 0 Å². The molecule has 0 bridgehead atoms. The summed E-state index contributed by atoms with van der Waals surface area (Å²) in [6, 6.07) is 27.0. The summed E-state index contributed by atoms with van der Waals surface area (Å²) in [5.74, 6) is 1.74. The predicted molar refractivity (Wildman–Crippen MR) is 117 cm³/mol. The van der Waals surface area contributed by atoms with Crippen LogP contribution in [0.25, 0.3) is 0 Å². The fourth-order valence-corrected chi connectivity index (χ4v) is 4.76. The van der Waals surface area contributed by atoms with Crippen LogP contribution in [0.4, 0.5) is 5.69 Å². The number of hydrogen-bond acceptors (Lipinski definition) is 3. The number of aryl methyl sites for hydroxylation is 2. The molecule has 29 heavy (non-hydrogen) atoms. The molecule has 148 valence electrons. The van der Waals surface area contributed by atoms with Crippen molar-refractivity contribution in [2.24, 2.45) is 0 Å². The molecular weight excluding hydrogens is 358 g/mol. The van der Waals surface area contributed by atoms with Crippen LogP contribution < -0.4 is 14.4 Å². The zero-order chi connectivity index (χ0) is 19.6. The zero-order valence-electron chi connectivity index (χ0n) is 16.9. The lowest BCUT2D eigenvalue weighted by molar-refractivity contribution is 0.174. The van der Waals surface area contributed by atoms with Gasteiger partial charge in [0.25, 0.3) is 0 Å². The zero-order valence-corrected chi connectivity index (χ0v) is 16.9. The summed E-state index contributed by atoms with van der Waals surface area (Å²) in [5.41, 5.74) is 5.55. The Morgan fingerprint density at radius 2 is 1.72 bits per heavy atom. The van der Waals surface area contributed by atoms with Gasteiger partial charge in [-0.15, -0.1) is 0 Å². The van der Waals surface area contributed by atoms with Gasteiger partial charge >= 0.3 is 0 Å². The molecule has 3 aromatic rings. The molecule has 0 amide bonds. The maximum Gasteiger partial charge on any atom is 0.231 e. The Kier molecular flexibility index (Phi) is 4.89. The first-order valence-corrected chi connectivity index (χ1v) is 10.6. The van der Waals surface area contributed by atoms with Crippen LogP contribution in [0.1, 0.15) is 42.5 Å². The summed E-state index contributed by atoms with van der Waals surface area (Å²) in [4.78, 5) is 2.65. The van der Waals surface area contributed by atoms with E-state index in [1.165, 1.54) is 28.8 Å². The van der Waals surface area contributed by atoms with Crippen LogP contribution in [0.3, 0.4) is 0 Å². The van der Waals surface area contributed by atoms with Crippen molar-refractivity contribution in [2.45, 2.75) is 44.7 Å². The number of anilines is 1. The average Bonchev–Trinajstić information content (AvgIpc) is 3.25. The number of rotatable bonds is 5. The Bertz CT molecular complexity index is 985. The van der Waals surface area contributed by atoms with E-state index in [0.29, 0.717) is 18.9 Å². The van der Waals surface area contributed by atoms with E-state index in [9.17, 15) is 0 Å². The van der Waals surface area contributed by atoms with E-state index in [2.05, 4.69) is 78.6 Å². The van der Waals surface area contributed by atoms with Crippen LogP contribution in [0.2, 0.25) is 0 Å². The predicted octanol–water partition coefficient (Wildman–Crippen LogP) is 5.93. The number of ether oxygens (including phenoxy) is 2. The molecule has 3 heteroatoms. The SMILES string of the molecule is C[C@@H](c1ccccc1)N1c2ccccc2CC[C@H]1CCc1ccc2c(c1)OCO2. The molecule has 0 fully saturated rings. The number of benzene rings is 3. The Morgan fingerprint density at radius 1 is 0.931 bits per heavy atom. The van der Waals surface area contributed by atoms with E-state index in [1.54, 1.807) is 0 Å². The lowest BCUT2D eigenvalue weighted by Gasteiger charge is -2.43. The molecule has 2 heterocycles. The Labute approximate surface area is 172 Å². The van der Waals surface area contributed by atoms with Gasteiger partial charge in [0, 0.05) is 11.7 Å². The molecule has 0 aliphatic carbocycles. The van der Waals surface area contributed by atoms with E-state index in [1.807, 2.05) is 6.07 Å². The van der Waals surface area contributed by atoms with Gasteiger partial charge in [0.2, 0.25) is 6.79 Å². The van der Waals surface area contributed by atoms with E-state index >= 15 is 0 Å². The number of para-hydroxylation sites is 1. The molecule has 0 aromatic heterocycles. The van der Waals surface area contributed by atoms with Crippen molar-refractivity contribution in [3.8, 4) is 11.5 Å². The van der Waals surface area contributed by atoms with Crippen LogP contribution in [0, 0.1) is 0 Å². The Balaban J connectivity index is 1.40. The van der Waals surface area contributed by atoms with E-state index < -0.39 is 0 Å². The third kappa shape index (κ3) is 3.57. The molecule has 2 aliphatic rings. The fourth-order valence-electron chi connectivity index (χ4n) is 4.76. The Hall–Kier alpha value is -2.94. The van der Waals surface area contributed by atoms with Crippen molar-refractivity contribution in [3.05, 3.63) is 89.5 Å². The van der Waals surface area contributed by atoms with E-state index in [4.69, 9.17) is 9.47 Å². The summed E-state index contributed by atoms with van der Waals surface area (Å²) >= 11 is 0. The molecule has 0 N–H and O–H groups in total. The minimum atomic E-state index is 0.334. The monoisotopic (exact) mass is 385 g/mol. The van der Waals surface area contributed by atoms with Crippen LogP contribution in [-0.2, 0) is 12.8 Å². The highest BCUT2D eigenvalue weighted by Crippen LogP contribution is 2.39. The smallest absolute Gasteiger partial charge is 0.231 e. The maximum atomic E-state index is 5.56. The van der Waals surface area contributed by atoms with Crippen LogP contribution in [0.15, 0.2) is 72.8 Å². The van der Waals surface area contributed by atoms with Gasteiger partial charge in [-0.1, -0.05) is 54.6 Å². The number of fused-ring (bicyclic) bond motifs is 2. The van der Waals surface area contributed by atoms with Gasteiger partial charge in [0.1, 0.15) is 0 Å². The first kappa shape index (κ1) is 18.1. The maximum absolute atomic E-state index is 5.56. The Morgan fingerprint density at radius 3 is 2.62 bits per heavy atom. The van der Waals surface area contributed by atoms with Gasteiger partial charge in [-0.05, 0) is 67.5 Å². The minimum absolute atomic E-state index is 0.334. The topological polar surface area (TPSA) is 21.7 Å². The molecule has 3 nitrogen and oxygen atoms in total. The van der Waals surface area contributed by atoms with Gasteiger partial charge in [-0.3, -0.25) is 0 Å². The van der Waals surface area contributed by atoms with Gasteiger partial charge < -0.3 is 14.4 Å². The van der Waals surface area contributed by atoms with Crippen molar-refractivity contribution < 1.29 is 9.47 Å². The second kappa shape index (κ2) is 7.82. The second-order valence-corrected chi connectivity index (χ2v) is 8.04. The second-order valence-electron chi connectivity index (χ2n) is 8.04. The summed E-state index contributed by atoms with van der Waals surface area (Å²) < 4.78 is 11.0. The van der Waals surface area contributed by atoms with Crippen molar-refractivity contribution in [3.63, 3.8) is 0 Å². The summed E-state index contributed by atoms with van der Waals surface area (Å²) in [6.07, 6.45) is 4.52. The van der Waals surface area contributed by atoms with Crippen molar-refractivity contribution in [1.82, 2.24) is 0 Å². The molecule has 0 radical (unpaired) electrons. The largest absolute Gasteiger partial charge is 0.454 e. The quantitative estimate of drug-likeness (QED) is 0.543. The normalized spacial score (nSPS) is 18.4. The standard InChI is InChI=1S/C26H27NO2/c1-19(21-7-3-2-4-8-21)27-23(15-13-22-9-5-6-10-24(22)27)14-11-20-12-16-25-26(17-20)29-18-28-25/h2-10,12,16-17,19,23H,11,13-15,18H2,1H3/t19-,23+/m0/s1. The summed E-state index contributed by atoms with van der Waals surface area (Å²) in [6.45, 7) is 2.67. The van der Waals surface area contributed by atoms with Crippen LogP contribution >= 0.6 is 0 Å². The highest BCUT2D eigenvalue weighted by atomic mass is 16.7. The van der Waals surface area contributed by atoms with Crippen LogP contribution in [0.5, 0.6) is 11.5 Å². The van der Waals surface area contributed by atoms with Gasteiger partial charge in [-0.2, -0.15) is 0 Å². The highest BCUT2D eigenvalue weighted by molar-refractivity contribution is 5.58. The van der Waals surface area contributed by atoms with Crippen LogP contribution in [-0.4, -0.2) is 12.8 Å². The molecular formula is C26H27NO2. The van der Waals surface area contributed by atoms with E-state index in [0.717, 1.165) is 30.8 Å². The molecule has 3 aromatic carbocycles. The van der Waals surface area contributed by atoms with Gasteiger partial charge in [0.15, 0.2) is 11.5 Å². The number of nitrogens with zero attached hydrogens (tertiary/aromatic N) is 1. The lowest BCUT2D eigenvalue weighted by Crippen LogP contribution is -2.41. The molecule has 0 unspecified atom stereocenters. The first-order valence-electron chi connectivity index (χ1n) is 10.6. The molecule has 0 spiro atoms. The summed E-state index contributed by atoms with van der Waals surface area (Å²) in [7, 11) is 0. The minimum Gasteiger partial charge on any atom is -0.454 e. The lowest BCUT2D eigenvalue weighted by atomic mass is 9.89. The fraction of sp³-hybridized carbons (Fsp3) is 0.308. The highest BCUT2D eigenvalue weighted by Gasteiger charge is 2.30. The molecule has 2 aliphatic heterocycles. The molecule has 2 atom stereocenters. The van der Waals surface area contributed by atoms with Crippen molar-refractivity contribution in [1.29, 1.82) is 0 Å².